The highest BCUT2D eigenvalue weighted by Crippen LogP contribution is 2.12. The van der Waals surface area contributed by atoms with Crippen LogP contribution in [0.4, 0.5) is 10.1 Å². The smallest absolute Gasteiger partial charge is 0.258 e. The Hall–Kier alpha value is -2.32. The second-order valence-electron chi connectivity index (χ2n) is 4.95. The highest BCUT2D eigenvalue weighted by atomic mass is 32.2. The van der Waals surface area contributed by atoms with Crippen LogP contribution in [0.5, 0.6) is 0 Å². The first-order chi connectivity index (χ1) is 10.9. The molecule has 8 heteroatoms. The molecule has 0 aliphatic heterocycles. The fourth-order valence-electron chi connectivity index (χ4n) is 1.99. The maximum atomic E-state index is 12.8. The molecule has 0 aliphatic carbocycles. The van der Waals surface area contributed by atoms with E-state index >= 15 is 0 Å². The lowest BCUT2D eigenvalue weighted by atomic mass is 10.1. The van der Waals surface area contributed by atoms with Crippen LogP contribution in [0.2, 0.25) is 0 Å². The number of benzene rings is 2. The monoisotopic (exact) mass is 338 g/mol. The molecule has 2 rings (SSSR count). The largest absolute Gasteiger partial charge is 0.269 e. The summed E-state index contributed by atoms with van der Waals surface area (Å²) >= 11 is 0. The van der Waals surface area contributed by atoms with Crippen molar-refractivity contribution >= 4 is 15.7 Å². The van der Waals surface area contributed by atoms with Crippen LogP contribution in [0.15, 0.2) is 48.5 Å². The average molecular weight is 338 g/mol. The third kappa shape index (κ3) is 5.42. The Labute approximate surface area is 133 Å². The summed E-state index contributed by atoms with van der Waals surface area (Å²) in [6, 6.07) is 11.2. The fourth-order valence-corrected chi connectivity index (χ4v) is 3.13. The lowest BCUT2D eigenvalue weighted by molar-refractivity contribution is -0.384. The quantitative estimate of drug-likeness (QED) is 0.620. The molecule has 0 aromatic heterocycles. The topological polar surface area (TPSA) is 89.3 Å². The van der Waals surface area contributed by atoms with Crippen molar-refractivity contribution in [2.75, 3.05) is 6.54 Å². The van der Waals surface area contributed by atoms with E-state index in [9.17, 15) is 22.9 Å². The Morgan fingerprint density at radius 2 is 1.57 bits per heavy atom. The van der Waals surface area contributed by atoms with E-state index < -0.39 is 20.8 Å². The molecule has 0 amide bonds. The molecule has 0 atom stereocenters. The zero-order chi connectivity index (χ0) is 16.9. The number of nitrogens with zero attached hydrogens (tertiary/aromatic N) is 1. The Bertz CT molecular complexity index is 774. The lowest BCUT2D eigenvalue weighted by Gasteiger charge is -2.07. The standard InChI is InChI=1S/C15H15FN2O4S/c16-14-5-1-13(2-6-14)11-23(21,22)17-10-9-12-3-7-15(8-4-12)18(19)20/h1-8,17H,9-11H2. The van der Waals surface area contributed by atoms with E-state index in [0.29, 0.717) is 12.0 Å². The summed E-state index contributed by atoms with van der Waals surface area (Å²) < 4.78 is 39.1. The Morgan fingerprint density at radius 3 is 2.13 bits per heavy atom. The Kier molecular flexibility index (Phi) is 5.41. The van der Waals surface area contributed by atoms with Crippen LogP contribution < -0.4 is 4.72 Å². The van der Waals surface area contributed by atoms with E-state index in [1.54, 1.807) is 12.1 Å². The number of nitrogens with one attached hydrogen (secondary N) is 1. The average Bonchev–Trinajstić information content (AvgIpc) is 2.50. The van der Waals surface area contributed by atoms with Crippen molar-refractivity contribution < 1.29 is 17.7 Å². The molecule has 0 spiro atoms. The van der Waals surface area contributed by atoms with Crippen LogP contribution >= 0.6 is 0 Å². The van der Waals surface area contributed by atoms with Crippen molar-refractivity contribution in [3.8, 4) is 0 Å². The second kappa shape index (κ2) is 7.30. The minimum atomic E-state index is -3.52. The SMILES string of the molecule is O=[N+]([O-])c1ccc(CCNS(=O)(=O)Cc2ccc(F)cc2)cc1. The van der Waals surface area contributed by atoms with Gasteiger partial charge in [-0.3, -0.25) is 10.1 Å². The second-order valence-corrected chi connectivity index (χ2v) is 6.76. The van der Waals surface area contributed by atoms with Gasteiger partial charge in [-0.1, -0.05) is 24.3 Å². The molecule has 1 N–H and O–H groups in total. The molecule has 0 saturated carbocycles. The van der Waals surface area contributed by atoms with Crippen LogP contribution in [-0.2, 0) is 22.2 Å². The number of rotatable bonds is 7. The van der Waals surface area contributed by atoms with Gasteiger partial charge in [0.05, 0.1) is 10.7 Å². The van der Waals surface area contributed by atoms with Crippen molar-refractivity contribution in [3.05, 3.63) is 75.6 Å². The van der Waals surface area contributed by atoms with Crippen molar-refractivity contribution in [3.63, 3.8) is 0 Å². The molecule has 23 heavy (non-hydrogen) atoms. The summed E-state index contributed by atoms with van der Waals surface area (Å²) in [5.41, 5.74) is 1.28. The Balaban J connectivity index is 1.86. The maximum absolute atomic E-state index is 12.8. The number of halogens is 1. The summed E-state index contributed by atoms with van der Waals surface area (Å²) in [6.45, 7) is 0.182. The van der Waals surface area contributed by atoms with E-state index in [-0.39, 0.29) is 18.0 Å². The molecule has 0 aliphatic rings. The van der Waals surface area contributed by atoms with Gasteiger partial charge < -0.3 is 0 Å². The first-order valence-corrected chi connectivity index (χ1v) is 8.46. The van der Waals surface area contributed by atoms with Gasteiger partial charge in [0.25, 0.3) is 5.69 Å². The highest BCUT2D eigenvalue weighted by Gasteiger charge is 2.11. The van der Waals surface area contributed by atoms with Gasteiger partial charge in [-0.25, -0.2) is 17.5 Å². The van der Waals surface area contributed by atoms with Crippen LogP contribution in [0.3, 0.4) is 0 Å². The van der Waals surface area contributed by atoms with E-state index in [1.165, 1.54) is 36.4 Å². The van der Waals surface area contributed by atoms with Gasteiger partial charge in [0.2, 0.25) is 10.0 Å². The van der Waals surface area contributed by atoms with Gasteiger partial charge in [-0.2, -0.15) is 0 Å². The van der Waals surface area contributed by atoms with Gasteiger partial charge >= 0.3 is 0 Å². The molecule has 0 saturated heterocycles. The molecule has 0 heterocycles. The summed E-state index contributed by atoms with van der Waals surface area (Å²) in [5.74, 6) is -0.648. The maximum Gasteiger partial charge on any atom is 0.269 e. The van der Waals surface area contributed by atoms with E-state index in [4.69, 9.17) is 0 Å². The number of non-ortho nitro benzene ring substituents is 1. The summed E-state index contributed by atoms with van der Waals surface area (Å²) in [6.07, 6.45) is 0.417. The molecule has 2 aromatic carbocycles. The predicted molar refractivity (Wildman–Crippen MR) is 83.8 cm³/mol. The summed E-state index contributed by atoms with van der Waals surface area (Å²) in [5, 5.41) is 10.5. The lowest BCUT2D eigenvalue weighted by Crippen LogP contribution is -2.27. The van der Waals surface area contributed by atoms with E-state index in [2.05, 4.69) is 4.72 Å². The van der Waals surface area contributed by atoms with Crippen LogP contribution in [0.25, 0.3) is 0 Å². The minimum Gasteiger partial charge on any atom is -0.258 e. The molecule has 0 fully saturated rings. The van der Waals surface area contributed by atoms with Gasteiger partial charge in [-0.15, -0.1) is 0 Å². The van der Waals surface area contributed by atoms with Gasteiger partial charge in [0, 0.05) is 18.7 Å². The molecule has 0 unspecified atom stereocenters. The van der Waals surface area contributed by atoms with Crippen molar-refractivity contribution in [1.82, 2.24) is 4.72 Å². The number of nitro groups is 1. The number of hydrogen-bond donors (Lipinski definition) is 1. The zero-order valence-corrected chi connectivity index (χ0v) is 12.9. The van der Waals surface area contributed by atoms with Gasteiger partial charge in [0.15, 0.2) is 0 Å². The van der Waals surface area contributed by atoms with E-state index in [1.807, 2.05) is 0 Å². The normalized spacial score (nSPS) is 11.3. The molecular weight excluding hydrogens is 323 g/mol. The first kappa shape index (κ1) is 17.0. The Morgan fingerprint density at radius 1 is 1.00 bits per heavy atom. The third-order valence-electron chi connectivity index (χ3n) is 3.15. The molecule has 0 radical (unpaired) electrons. The fraction of sp³-hybridized carbons (Fsp3) is 0.200. The van der Waals surface area contributed by atoms with Crippen molar-refractivity contribution in [2.45, 2.75) is 12.2 Å². The van der Waals surface area contributed by atoms with Crippen LogP contribution in [0.1, 0.15) is 11.1 Å². The molecule has 6 nitrogen and oxygen atoms in total. The molecule has 122 valence electrons. The minimum absolute atomic E-state index is 0.00867. The number of hydrogen-bond acceptors (Lipinski definition) is 4. The predicted octanol–water partition coefficient (Wildman–Crippen LogP) is 2.40. The first-order valence-electron chi connectivity index (χ1n) is 6.81. The van der Waals surface area contributed by atoms with Gasteiger partial charge in [-0.05, 0) is 29.7 Å². The molecule has 0 bridgehead atoms. The molecule has 2 aromatic rings. The van der Waals surface area contributed by atoms with E-state index in [0.717, 1.165) is 5.56 Å². The van der Waals surface area contributed by atoms with Crippen molar-refractivity contribution in [2.24, 2.45) is 0 Å². The third-order valence-corrected chi connectivity index (χ3v) is 4.51. The zero-order valence-electron chi connectivity index (χ0n) is 12.1. The van der Waals surface area contributed by atoms with Crippen LogP contribution in [-0.4, -0.2) is 19.9 Å². The van der Waals surface area contributed by atoms with Crippen molar-refractivity contribution in [1.29, 1.82) is 0 Å². The van der Waals surface area contributed by atoms with Gasteiger partial charge in [0.1, 0.15) is 5.82 Å². The van der Waals surface area contributed by atoms with Crippen LogP contribution in [0, 0.1) is 15.9 Å². The summed E-state index contributed by atoms with van der Waals surface area (Å²) in [4.78, 5) is 10.1. The number of sulfonamides is 1. The highest BCUT2D eigenvalue weighted by molar-refractivity contribution is 7.88. The molecular formula is C15H15FN2O4S. The number of nitro benzene ring substituents is 1. The summed E-state index contributed by atoms with van der Waals surface area (Å²) in [7, 11) is -3.52.